The van der Waals surface area contributed by atoms with Gasteiger partial charge in [0.1, 0.15) is 5.82 Å². The molecule has 1 amide bonds. The summed E-state index contributed by atoms with van der Waals surface area (Å²) < 4.78 is 5.33. The molecule has 0 aliphatic carbocycles. The fourth-order valence-electron chi connectivity index (χ4n) is 2.67. The molecule has 1 unspecified atom stereocenters. The summed E-state index contributed by atoms with van der Waals surface area (Å²) in [6.07, 6.45) is 2.39. The Morgan fingerprint density at radius 3 is 2.75 bits per heavy atom. The standard InChI is InChI=1S/C14H19N3O2S/c18-14-7-11(10-20)9-17(14)12-1-2-13(15-8-12)16-3-5-19-6-4-16/h1-2,8,11,20H,3-7,9-10H2. The van der Waals surface area contributed by atoms with Crippen molar-refractivity contribution in [2.24, 2.45) is 5.92 Å². The molecule has 0 N–H and O–H groups in total. The van der Waals surface area contributed by atoms with Gasteiger partial charge in [-0.25, -0.2) is 4.98 Å². The highest BCUT2D eigenvalue weighted by molar-refractivity contribution is 7.80. The summed E-state index contributed by atoms with van der Waals surface area (Å²) in [7, 11) is 0. The molecule has 1 atom stereocenters. The van der Waals surface area contributed by atoms with Gasteiger partial charge in [0.15, 0.2) is 0 Å². The SMILES string of the molecule is O=C1CC(CS)CN1c1ccc(N2CCOCC2)nc1. The van der Waals surface area contributed by atoms with E-state index < -0.39 is 0 Å². The molecule has 0 saturated carbocycles. The molecule has 3 rings (SSSR count). The van der Waals surface area contributed by atoms with Crippen LogP contribution in [0.25, 0.3) is 0 Å². The van der Waals surface area contributed by atoms with E-state index in [1.54, 1.807) is 6.20 Å². The lowest BCUT2D eigenvalue weighted by Crippen LogP contribution is -2.36. The topological polar surface area (TPSA) is 45.7 Å². The molecule has 0 radical (unpaired) electrons. The van der Waals surface area contributed by atoms with Gasteiger partial charge in [0.25, 0.3) is 0 Å². The maximum Gasteiger partial charge on any atom is 0.227 e. The lowest BCUT2D eigenvalue weighted by Gasteiger charge is -2.28. The van der Waals surface area contributed by atoms with E-state index in [1.165, 1.54) is 0 Å². The Bertz CT molecular complexity index is 474. The van der Waals surface area contributed by atoms with E-state index >= 15 is 0 Å². The molecule has 2 aliphatic rings. The lowest BCUT2D eigenvalue weighted by atomic mass is 10.1. The summed E-state index contributed by atoms with van der Waals surface area (Å²) in [5, 5.41) is 0. The molecular formula is C14H19N3O2S. The fraction of sp³-hybridized carbons (Fsp3) is 0.571. The molecule has 0 bridgehead atoms. The molecule has 1 aromatic heterocycles. The Morgan fingerprint density at radius 1 is 1.35 bits per heavy atom. The first-order chi connectivity index (χ1) is 9.78. The normalized spacial score (nSPS) is 23.4. The molecule has 108 valence electrons. The minimum atomic E-state index is 0.171. The molecule has 2 fully saturated rings. The summed E-state index contributed by atoms with van der Waals surface area (Å²) in [5.41, 5.74) is 0.885. The van der Waals surface area contributed by atoms with Crippen LogP contribution in [-0.4, -0.2) is 49.5 Å². The average molecular weight is 293 g/mol. The van der Waals surface area contributed by atoms with Crippen LogP contribution in [0.2, 0.25) is 0 Å². The Labute approximate surface area is 124 Å². The van der Waals surface area contributed by atoms with Gasteiger partial charge in [-0.3, -0.25) is 4.79 Å². The second-order valence-corrected chi connectivity index (χ2v) is 5.60. The Balaban J connectivity index is 1.71. The third-order valence-corrected chi connectivity index (χ3v) is 4.36. The van der Waals surface area contributed by atoms with Gasteiger partial charge in [-0.05, 0) is 23.8 Å². The van der Waals surface area contributed by atoms with Crippen molar-refractivity contribution in [2.75, 3.05) is 48.4 Å². The van der Waals surface area contributed by atoms with Gasteiger partial charge >= 0.3 is 0 Å². The van der Waals surface area contributed by atoms with Gasteiger partial charge in [0.05, 0.1) is 25.1 Å². The highest BCUT2D eigenvalue weighted by atomic mass is 32.1. The second-order valence-electron chi connectivity index (χ2n) is 5.23. The summed E-state index contributed by atoms with van der Waals surface area (Å²) >= 11 is 4.28. The summed E-state index contributed by atoms with van der Waals surface area (Å²) in [4.78, 5) is 20.5. The number of rotatable bonds is 3. The minimum Gasteiger partial charge on any atom is -0.378 e. The number of hydrogen-bond donors (Lipinski definition) is 1. The van der Waals surface area contributed by atoms with E-state index in [-0.39, 0.29) is 5.91 Å². The molecule has 5 nitrogen and oxygen atoms in total. The third-order valence-electron chi connectivity index (χ3n) is 3.84. The number of morpholine rings is 1. The zero-order valence-electron chi connectivity index (χ0n) is 11.4. The van der Waals surface area contributed by atoms with Crippen LogP contribution in [0.5, 0.6) is 0 Å². The smallest absolute Gasteiger partial charge is 0.227 e. The zero-order chi connectivity index (χ0) is 13.9. The van der Waals surface area contributed by atoms with Crippen molar-refractivity contribution in [2.45, 2.75) is 6.42 Å². The second kappa shape index (κ2) is 6.01. The van der Waals surface area contributed by atoms with Crippen molar-refractivity contribution in [1.29, 1.82) is 0 Å². The number of ether oxygens (including phenoxy) is 1. The van der Waals surface area contributed by atoms with Crippen molar-refractivity contribution < 1.29 is 9.53 Å². The number of anilines is 2. The molecule has 3 heterocycles. The van der Waals surface area contributed by atoms with Crippen LogP contribution in [0.3, 0.4) is 0 Å². The van der Waals surface area contributed by atoms with E-state index in [0.29, 0.717) is 12.3 Å². The number of carbonyl (C=O) groups is 1. The molecule has 0 aromatic carbocycles. The quantitative estimate of drug-likeness (QED) is 0.851. The zero-order valence-corrected chi connectivity index (χ0v) is 12.3. The Morgan fingerprint density at radius 2 is 2.15 bits per heavy atom. The largest absolute Gasteiger partial charge is 0.378 e. The minimum absolute atomic E-state index is 0.171. The van der Waals surface area contributed by atoms with Crippen molar-refractivity contribution >= 4 is 30.0 Å². The van der Waals surface area contributed by atoms with E-state index in [9.17, 15) is 4.79 Å². The van der Waals surface area contributed by atoms with Gasteiger partial charge in [-0.15, -0.1) is 0 Å². The molecule has 2 saturated heterocycles. The first-order valence-corrected chi connectivity index (χ1v) is 7.61. The Kier molecular flexibility index (Phi) is 4.12. The van der Waals surface area contributed by atoms with Crippen molar-refractivity contribution in [3.05, 3.63) is 18.3 Å². The summed E-state index contributed by atoms with van der Waals surface area (Å²) in [6, 6.07) is 3.97. The van der Waals surface area contributed by atoms with Gasteiger partial charge in [0, 0.05) is 26.1 Å². The maximum atomic E-state index is 12.0. The number of amides is 1. The molecule has 20 heavy (non-hydrogen) atoms. The van der Waals surface area contributed by atoms with Crippen LogP contribution < -0.4 is 9.80 Å². The fourth-order valence-corrected chi connectivity index (χ4v) is 2.92. The van der Waals surface area contributed by atoms with Crippen LogP contribution in [0.4, 0.5) is 11.5 Å². The lowest BCUT2D eigenvalue weighted by molar-refractivity contribution is -0.117. The van der Waals surface area contributed by atoms with Crippen LogP contribution in [0.1, 0.15) is 6.42 Å². The molecule has 0 spiro atoms. The van der Waals surface area contributed by atoms with E-state index in [1.807, 2.05) is 17.0 Å². The van der Waals surface area contributed by atoms with E-state index in [0.717, 1.165) is 50.1 Å². The number of hydrogen-bond acceptors (Lipinski definition) is 5. The van der Waals surface area contributed by atoms with Crippen molar-refractivity contribution in [3.63, 3.8) is 0 Å². The summed E-state index contributed by atoms with van der Waals surface area (Å²) in [6.45, 7) is 3.99. The number of nitrogens with zero attached hydrogens (tertiary/aromatic N) is 3. The molecular weight excluding hydrogens is 274 g/mol. The predicted octanol–water partition coefficient (Wildman–Crippen LogP) is 1.20. The van der Waals surface area contributed by atoms with Gasteiger partial charge in [-0.1, -0.05) is 0 Å². The van der Waals surface area contributed by atoms with Crippen molar-refractivity contribution in [1.82, 2.24) is 4.98 Å². The first kappa shape index (κ1) is 13.7. The maximum absolute atomic E-state index is 12.0. The highest BCUT2D eigenvalue weighted by Crippen LogP contribution is 2.26. The van der Waals surface area contributed by atoms with E-state index in [4.69, 9.17) is 4.74 Å². The number of carbonyl (C=O) groups excluding carboxylic acids is 1. The highest BCUT2D eigenvalue weighted by Gasteiger charge is 2.29. The van der Waals surface area contributed by atoms with Gasteiger partial charge in [0.2, 0.25) is 5.91 Å². The Hall–Kier alpha value is -1.27. The van der Waals surface area contributed by atoms with Crippen molar-refractivity contribution in [3.8, 4) is 0 Å². The van der Waals surface area contributed by atoms with Crippen LogP contribution in [0, 0.1) is 5.92 Å². The van der Waals surface area contributed by atoms with E-state index in [2.05, 4.69) is 22.5 Å². The average Bonchev–Trinajstić information content (AvgIpc) is 2.89. The number of thiol groups is 1. The number of pyridine rings is 1. The monoisotopic (exact) mass is 293 g/mol. The van der Waals surface area contributed by atoms with Crippen LogP contribution >= 0.6 is 12.6 Å². The molecule has 2 aliphatic heterocycles. The van der Waals surface area contributed by atoms with Crippen LogP contribution in [-0.2, 0) is 9.53 Å². The first-order valence-electron chi connectivity index (χ1n) is 6.98. The summed E-state index contributed by atoms with van der Waals surface area (Å²) in [5.74, 6) is 2.23. The molecule has 1 aromatic rings. The van der Waals surface area contributed by atoms with Crippen LogP contribution in [0.15, 0.2) is 18.3 Å². The molecule has 6 heteroatoms. The third kappa shape index (κ3) is 2.76. The van der Waals surface area contributed by atoms with Gasteiger partial charge in [-0.2, -0.15) is 12.6 Å². The van der Waals surface area contributed by atoms with Gasteiger partial charge < -0.3 is 14.5 Å². The predicted molar refractivity (Wildman–Crippen MR) is 81.6 cm³/mol. The number of aromatic nitrogens is 1.